The van der Waals surface area contributed by atoms with Crippen molar-refractivity contribution in [2.75, 3.05) is 20.3 Å². The molecule has 1 aromatic rings. The van der Waals surface area contributed by atoms with Crippen LogP contribution in [0, 0.1) is 6.92 Å². The minimum Gasteiger partial charge on any atom is -0.385 e. The van der Waals surface area contributed by atoms with Gasteiger partial charge in [0.05, 0.1) is 5.02 Å². The quantitative estimate of drug-likeness (QED) is 0.822. The Morgan fingerprint density at radius 2 is 2.00 bits per heavy atom. The van der Waals surface area contributed by atoms with E-state index in [1.165, 1.54) is 12.1 Å². The molecular weight excluding hydrogens is 297 g/mol. The van der Waals surface area contributed by atoms with Gasteiger partial charge in [0.15, 0.2) is 0 Å². The van der Waals surface area contributed by atoms with Crippen molar-refractivity contribution in [3.8, 4) is 0 Å². The molecule has 0 saturated heterocycles. The Balaban J connectivity index is 2.89. The van der Waals surface area contributed by atoms with E-state index in [0.717, 1.165) is 0 Å². The Labute approximate surface area is 117 Å². The topological polar surface area (TPSA) is 55.4 Å². The molecule has 0 spiro atoms. The standard InChI is InChI=1S/C11H15Cl2NO3S/c1-8-9(12)4-5-10(11(8)13)18(15,16)14-6-3-7-17-2/h4-5,14H,3,6-7H2,1-2H3. The molecule has 1 aromatic carbocycles. The van der Waals surface area contributed by atoms with Crippen LogP contribution < -0.4 is 4.72 Å². The highest BCUT2D eigenvalue weighted by Gasteiger charge is 2.19. The maximum absolute atomic E-state index is 12.0. The second kappa shape index (κ2) is 6.73. The predicted molar refractivity (Wildman–Crippen MR) is 72.9 cm³/mol. The highest BCUT2D eigenvalue weighted by atomic mass is 35.5. The van der Waals surface area contributed by atoms with E-state index in [4.69, 9.17) is 27.9 Å². The summed E-state index contributed by atoms with van der Waals surface area (Å²) in [5.74, 6) is 0. The molecule has 0 radical (unpaired) electrons. The van der Waals surface area contributed by atoms with Crippen LogP contribution in [0.4, 0.5) is 0 Å². The number of methoxy groups -OCH3 is 1. The normalized spacial score (nSPS) is 11.8. The molecule has 0 aromatic heterocycles. The van der Waals surface area contributed by atoms with Crippen LogP contribution in [0.5, 0.6) is 0 Å². The first-order valence-electron chi connectivity index (χ1n) is 5.33. The van der Waals surface area contributed by atoms with Gasteiger partial charge in [-0.3, -0.25) is 0 Å². The van der Waals surface area contributed by atoms with Crippen molar-refractivity contribution in [2.45, 2.75) is 18.2 Å². The molecule has 0 fully saturated rings. The molecule has 7 heteroatoms. The zero-order valence-electron chi connectivity index (χ0n) is 10.2. The molecule has 0 unspecified atom stereocenters. The summed E-state index contributed by atoms with van der Waals surface area (Å²) in [5, 5.41) is 0.597. The molecule has 18 heavy (non-hydrogen) atoms. The van der Waals surface area contributed by atoms with Crippen molar-refractivity contribution in [2.24, 2.45) is 0 Å². The predicted octanol–water partition coefficient (Wildman–Crippen LogP) is 2.62. The summed E-state index contributed by atoms with van der Waals surface area (Å²) in [6.45, 7) is 2.47. The Hall–Kier alpha value is -0.330. The molecule has 0 atom stereocenters. The highest BCUT2D eigenvalue weighted by Crippen LogP contribution is 2.29. The third kappa shape index (κ3) is 3.83. The number of rotatable bonds is 6. The van der Waals surface area contributed by atoms with Crippen LogP contribution in [0.2, 0.25) is 10.0 Å². The molecule has 0 heterocycles. The Bertz CT molecular complexity index is 517. The lowest BCUT2D eigenvalue weighted by molar-refractivity contribution is 0.196. The van der Waals surface area contributed by atoms with Gasteiger partial charge in [-0.25, -0.2) is 13.1 Å². The minimum atomic E-state index is -3.61. The van der Waals surface area contributed by atoms with Crippen LogP contribution in [0.3, 0.4) is 0 Å². The number of ether oxygens (including phenoxy) is 1. The van der Waals surface area contributed by atoms with Gasteiger partial charge in [0.25, 0.3) is 0 Å². The number of hydrogen-bond donors (Lipinski definition) is 1. The fraction of sp³-hybridized carbons (Fsp3) is 0.455. The molecule has 1 rings (SSSR count). The lowest BCUT2D eigenvalue weighted by atomic mass is 10.2. The van der Waals surface area contributed by atoms with Crippen molar-refractivity contribution in [3.63, 3.8) is 0 Å². The van der Waals surface area contributed by atoms with Crippen molar-refractivity contribution in [1.29, 1.82) is 0 Å². The Morgan fingerprint density at radius 1 is 1.33 bits per heavy atom. The van der Waals surface area contributed by atoms with Gasteiger partial charge in [-0.1, -0.05) is 23.2 Å². The van der Waals surface area contributed by atoms with Crippen LogP contribution in [0.25, 0.3) is 0 Å². The molecule has 0 saturated carbocycles. The van der Waals surface area contributed by atoms with Gasteiger partial charge in [-0.15, -0.1) is 0 Å². The number of sulfonamides is 1. The summed E-state index contributed by atoms with van der Waals surface area (Å²) < 4.78 is 31.3. The molecular formula is C11H15Cl2NO3S. The highest BCUT2D eigenvalue weighted by molar-refractivity contribution is 7.89. The minimum absolute atomic E-state index is 0.0449. The number of nitrogens with one attached hydrogen (secondary N) is 1. The zero-order chi connectivity index (χ0) is 13.8. The van der Waals surface area contributed by atoms with E-state index < -0.39 is 10.0 Å². The largest absolute Gasteiger partial charge is 0.385 e. The third-order valence-electron chi connectivity index (χ3n) is 2.39. The first kappa shape index (κ1) is 15.7. The van der Waals surface area contributed by atoms with Gasteiger partial charge in [0, 0.05) is 25.3 Å². The lowest BCUT2D eigenvalue weighted by Crippen LogP contribution is -2.26. The van der Waals surface area contributed by atoms with Crippen LogP contribution in [-0.4, -0.2) is 28.7 Å². The summed E-state index contributed by atoms with van der Waals surface area (Å²) in [4.78, 5) is 0.0449. The fourth-order valence-corrected chi connectivity index (χ4v) is 3.23. The second-order valence-corrected chi connectivity index (χ2v) is 6.25. The van der Waals surface area contributed by atoms with E-state index in [2.05, 4.69) is 4.72 Å². The summed E-state index contributed by atoms with van der Waals surface area (Å²) in [6, 6.07) is 2.92. The van der Waals surface area contributed by atoms with E-state index in [1.807, 2.05) is 0 Å². The Kier molecular flexibility index (Phi) is 5.88. The molecule has 102 valence electrons. The van der Waals surface area contributed by atoms with Crippen molar-refractivity contribution >= 4 is 33.2 Å². The average Bonchev–Trinajstić information content (AvgIpc) is 2.31. The molecule has 0 aliphatic rings. The molecule has 4 nitrogen and oxygen atoms in total. The zero-order valence-corrected chi connectivity index (χ0v) is 12.5. The summed E-state index contributed by atoms with van der Waals surface area (Å²) in [5.41, 5.74) is 0.554. The van der Waals surface area contributed by atoms with Crippen LogP contribution in [0.15, 0.2) is 17.0 Å². The monoisotopic (exact) mass is 311 g/mol. The molecule has 0 aliphatic carbocycles. The third-order valence-corrected chi connectivity index (χ3v) is 4.90. The van der Waals surface area contributed by atoms with E-state index in [-0.39, 0.29) is 9.92 Å². The van der Waals surface area contributed by atoms with Crippen molar-refractivity contribution in [3.05, 3.63) is 27.7 Å². The van der Waals surface area contributed by atoms with Crippen LogP contribution in [0.1, 0.15) is 12.0 Å². The summed E-state index contributed by atoms with van der Waals surface area (Å²) in [6.07, 6.45) is 0.597. The first-order valence-corrected chi connectivity index (χ1v) is 7.57. The lowest BCUT2D eigenvalue weighted by Gasteiger charge is -2.10. The van der Waals surface area contributed by atoms with Crippen molar-refractivity contribution < 1.29 is 13.2 Å². The van der Waals surface area contributed by atoms with Gasteiger partial charge in [-0.05, 0) is 31.0 Å². The number of benzene rings is 1. The molecule has 0 bridgehead atoms. The summed E-state index contributed by atoms with van der Waals surface area (Å²) in [7, 11) is -2.04. The molecule has 0 aliphatic heterocycles. The SMILES string of the molecule is COCCCNS(=O)(=O)c1ccc(Cl)c(C)c1Cl. The van der Waals surface area contributed by atoms with Crippen molar-refractivity contribution in [1.82, 2.24) is 4.72 Å². The first-order chi connectivity index (χ1) is 8.40. The fourth-order valence-electron chi connectivity index (χ4n) is 1.34. The van der Waals surface area contributed by atoms with Crippen LogP contribution >= 0.6 is 23.2 Å². The van der Waals surface area contributed by atoms with Gasteiger partial charge in [-0.2, -0.15) is 0 Å². The van der Waals surface area contributed by atoms with Crippen LogP contribution in [-0.2, 0) is 14.8 Å². The number of hydrogen-bond acceptors (Lipinski definition) is 3. The second-order valence-electron chi connectivity index (χ2n) is 3.73. The maximum Gasteiger partial charge on any atom is 0.242 e. The van der Waals surface area contributed by atoms with Gasteiger partial charge in [0.2, 0.25) is 10.0 Å². The smallest absolute Gasteiger partial charge is 0.242 e. The van der Waals surface area contributed by atoms with Gasteiger partial charge >= 0.3 is 0 Å². The maximum atomic E-state index is 12.0. The van der Waals surface area contributed by atoms with E-state index in [9.17, 15) is 8.42 Å². The Morgan fingerprint density at radius 3 is 2.61 bits per heavy atom. The van der Waals surface area contributed by atoms with E-state index in [1.54, 1.807) is 14.0 Å². The average molecular weight is 312 g/mol. The van der Waals surface area contributed by atoms with E-state index >= 15 is 0 Å². The summed E-state index contributed by atoms with van der Waals surface area (Å²) >= 11 is 11.9. The molecule has 0 amide bonds. The molecule has 1 N–H and O–H groups in total. The van der Waals surface area contributed by atoms with Gasteiger partial charge < -0.3 is 4.74 Å². The number of halogens is 2. The van der Waals surface area contributed by atoms with E-state index in [0.29, 0.717) is 30.2 Å². The van der Waals surface area contributed by atoms with Gasteiger partial charge in [0.1, 0.15) is 4.90 Å².